The van der Waals surface area contributed by atoms with Crippen LogP contribution in [0.15, 0.2) is 51.5 Å². The molecule has 0 saturated carbocycles. The molecule has 0 unspecified atom stereocenters. The molecular weight excluding hydrogens is 414 g/mol. The number of amides is 1. The van der Waals surface area contributed by atoms with Gasteiger partial charge in [-0.05, 0) is 18.1 Å². The number of thiazole rings is 1. The van der Waals surface area contributed by atoms with Gasteiger partial charge in [-0.1, -0.05) is 37.6 Å². The highest BCUT2D eigenvalue weighted by molar-refractivity contribution is 7.14. The van der Waals surface area contributed by atoms with Crippen LogP contribution in [0.5, 0.6) is 0 Å². The van der Waals surface area contributed by atoms with E-state index in [0.29, 0.717) is 5.13 Å². The lowest BCUT2D eigenvalue weighted by Gasteiger charge is -2.08. The smallest absolute Gasteiger partial charge is 0.298 e. The molecule has 4 rings (SSSR count). The Morgan fingerprint density at radius 1 is 1.13 bits per heavy atom. The van der Waals surface area contributed by atoms with Crippen LogP contribution in [-0.4, -0.2) is 25.0 Å². The largest absolute Gasteiger partial charge is 0.332 e. The fourth-order valence-corrected chi connectivity index (χ4v) is 4.07. The Balaban J connectivity index is 1.58. The Morgan fingerprint density at radius 3 is 2.58 bits per heavy atom. The third-order valence-corrected chi connectivity index (χ3v) is 5.83. The minimum atomic E-state index is -0.497. The number of carbonyl (C=O) groups excluding carboxylic acids is 1. The molecule has 3 aromatic heterocycles. The zero-order chi connectivity index (χ0) is 22.1. The topological polar surface area (TPSA) is 98.9 Å². The molecule has 0 saturated heterocycles. The van der Waals surface area contributed by atoms with Crippen molar-refractivity contribution in [2.45, 2.75) is 19.8 Å². The van der Waals surface area contributed by atoms with Crippen LogP contribution in [0.3, 0.4) is 0 Å². The quantitative estimate of drug-likeness (QED) is 0.520. The summed E-state index contributed by atoms with van der Waals surface area (Å²) in [7, 11) is 2.92. The number of fused-ring (bicyclic) bond motifs is 1. The molecule has 0 aliphatic heterocycles. The van der Waals surface area contributed by atoms with Crippen LogP contribution in [0.4, 0.5) is 5.13 Å². The average molecular weight is 436 g/mol. The van der Waals surface area contributed by atoms with Gasteiger partial charge in [0.1, 0.15) is 5.65 Å². The molecule has 0 atom stereocenters. The lowest BCUT2D eigenvalue weighted by molar-refractivity contribution is 0.102. The van der Waals surface area contributed by atoms with Crippen LogP contribution in [0.25, 0.3) is 22.3 Å². The van der Waals surface area contributed by atoms with Crippen molar-refractivity contribution in [3.8, 4) is 11.3 Å². The van der Waals surface area contributed by atoms with E-state index in [0.717, 1.165) is 28.7 Å². The van der Waals surface area contributed by atoms with Gasteiger partial charge in [-0.25, -0.2) is 14.8 Å². The lowest BCUT2D eigenvalue weighted by Crippen LogP contribution is -2.37. The van der Waals surface area contributed by atoms with E-state index in [-0.39, 0.29) is 16.6 Å². The number of anilines is 1. The van der Waals surface area contributed by atoms with Crippen LogP contribution in [0, 0.1) is 0 Å². The molecule has 1 amide bonds. The molecule has 0 aliphatic carbocycles. The van der Waals surface area contributed by atoms with Gasteiger partial charge in [0.15, 0.2) is 5.13 Å². The summed E-state index contributed by atoms with van der Waals surface area (Å²) in [5.74, 6) is -0.426. The van der Waals surface area contributed by atoms with E-state index < -0.39 is 17.2 Å². The normalized spacial score (nSPS) is 11.1. The molecule has 0 bridgehead atoms. The number of aromatic nitrogens is 4. The summed E-state index contributed by atoms with van der Waals surface area (Å²) in [4.78, 5) is 45.8. The standard InChI is InChI=1S/C22H21N5O3S/c1-4-5-13-6-8-14(9-7-13)17-12-31-21(24-17)25-19(28)15-10-16-18(23-11-15)26(2)22(30)27(3)20(16)29/h6-12H,4-5H2,1-3H3,(H,24,25,28). The Morgan fingerprint density at radius 2 is 1.87 bits per heavy atom. The molecule has 158 valence electrons. The number of rotatable bonds is 5. The summed E-state index contributed by atoms with van der Waals surface area (Å²) in [6.07, 6.45) is 3.48. The van der Waals surface area contributed by atoms with Gasteiger partial charge in [0.2, 0.25) is 0 Å². The van der Waals surface area contributed by atoms with Crippen molar-refractivity contribution in [2.75, 3.05) is 5.32 Å². The van der Waals surface area contributed by atoms with Gasteiger partial charge >= 0.3 is 5.69 Å². The lowest BCUT2D eigenvalue weighted by atomic mass is 10.1. The van der Waals surface area contributed by atoms with Crippen molar-refractivity contribution >= 4 is 33.4 Å². The molecule has 0 fully saturated rings. The van der Waals surface area contributed by atoms with Gasteiger partial charge in [-0.15, -0.1) is 11.3 Å². The van der Waals surface area contributed by atoms with Crippen molar-refractivity contribution in [1.29, 1.82) is 0 Å². The molecule has 8 nitrogen and oxygen atoms in total. The van der Waals surface area contributed by atoms with Gasteiger partial charge in [0.25, 0.3) is 11.5 Å². The van der Waals surface area contributed by atoms with E-state index in [9.17, 15) is 14.4 Å². The number of nitrogens with one attached hydrogen (secondary N) is 1. The van der Waals surface area contributed by atoms with Crippen LogP contribution in [0.1, 0.15) is 29.3 Å². The summed E-state index contributed by atoms with van der Waals surface area (Å²) in [5, 5.41) is 5.29. The van der Waals surface area contributed by atoms with E-state index in [4.69, 9.17) is 0 Å². The molecule has 0 radical (unpaired) electrons. The Bertz CT molecular complexity index is 1400. The molecule has 9 heteroatoms. The Kier molecular flexibility index (Phi) is 5.51. The van der Waals surface area contributed by atoms with Crippen molar-refractivity contribution in [1.82, 2.24) is 19.1 Å². The molecule has 31 heavy (non-hydrogen) atoms. The Hall–Kier alpha value is -3.59. The number of benzene rings is 1. The van der Waals surface area contributed by atoms with Gasteiger partial charge in [-0.3, -0.25) is 24.0 Å². The highest BCUT2D eigenvalue weighted by atomic mass is 32.1. The monoisotopic (exact) mass is 435 g/mol. The van der Waals surface area contributed by atoms with Gasteiger partial charge in [0.05, 0.1) is 16.6 Å². The zero-order valence-corrected chi connectivity index (χ0v) is 18.2. The fraction of sp³-hybridized carbons (Fsp3) is 0.227. The predicted molar refractivity (Wildman–Crippen MR) is 122 cm³/mol. The molecule has 4 aromatic rings. The van der Waals surface area contributed by atoms with Crippen LogP contribution >= 0.6 is 11.3 Å². The molecular formula is C22H21N5O3S. The molecule has 3 heterocycles. The number of pyridine rings is 1. The number of hydrogen-bond acceptors (Lipinski definition) is 6. The van der Waals surface area contributed by atoms with Crippen molar-refractivity contribution in [3.05, 3.63) is 73.9 Å². The highest BCUT2D eigenvalue weighted by Gasteiger charge is 2.15. The van der Waals surface area contributed by atoms with E-state index in [1.807, 2.05) is 17.5 Å². The van der Waals surface area contributed by atoms with Gasteiger partial charge < -0.3 is 0 Å². The molecule has 0 aliphatic rings. The first-order chi connectivity index (χ1) is 14.9. The molecule has 0 spiro atoms. The summed E-state index contributed by atoms with van der Waals surface area (Å²) in [6.45, 7) is 2.15. The number of carbonyl (C=O) groups is 1. The van der Waals surface area contributed by atoms with E-state index in [1.165, 1.54) is 47.8 Å². The van der Waals surface area contributed by atoms with Gasteiger partial charge in [0, 0.05) is 31.2 Å². The maximum Gasteiger partial charge on any atom is 0.332 e. The number of hydrogen-bond donors (Lipinski definition) is 1. The SMILES string of the molecule is CCCc1ccc(-c2csc(NC(=O)c3cnc4c(c3)c(=O)n(C)c(=O)n4C)n2)cc1. The summed E-state index contributed by atoms with van der Waals surface area (Å²) in [6, 6.07) is 9.67. The summed E-state index contributed by atoms with van der Waals surface area (Å²) in [5.41, 5.74) is 2.51. The molecule has 1 aromatic carbocycles. The fourth-order valence-electron chi connectivity index (χ4n) is 3.35. The van der Waals surface area contributed by atoms with Crippen LogP contribution < -0.4 is 16.6 Å². The third kappa shape index (κ3) is 3.91. The second kappa shape index (κ2) is 8.27. The number of nitrogens with zero attached hydrogens (tertiary/aromatic N) is 4. The first-order valence-corrected chi connectivity index (χ1v) is 10.7. The summed E-state index contributed by atoms with van der Waals surface area (Å²) < 4.78 is 2.27. The highest BCUT2D eigenvalue weighted by Crippen LogP contribution is 2.26. The average Bonchev–Trinajstić information content (AvgIpc) is 3.25. The van der Waals surface area contributed by atoms with E-state index in [2.05, 4.69) is 34.3 Å². The van der Waals surface area contributed by atoms with Crippen LogP contribution in [0.2, 0.25) is 0 Å². The minimum absolute atomic E-state index is 0.198. The predicted octanol–water partition coefficient (Wildman–Crippen LogP) is 2.96. The maximum absolute atomic E-state index is 12.7. The van der Waals surface area contributed by atoms with Crippen LogP contribution in [-0.2, 0) is 20.5 Å². The maximum atomic E-state index is 12.7. The van der Waals surface area contributed by atoms with E-state index >= 15 is 0 Å². The second-order valence-electron chi connectivity index (χ2n) is 7.24. The zero-order valence-electron chi connectivity index (χ0n) is 17.4. The van der Waals surface area contributed by atoms with E-state index in [1.54, 1.807) is 0 Å². The Labute approximate surface area is 181 Å². The second-order valence-corrected chi connectivity index (χ2v) is 8.10. The third-order valence-electron chi connectivity index (χ3n) is 5.07. The van der Waals surface area contributed by atoms with Crippen molar-refractivity contribution in [3.63, 3.8) is 0 Å². The first kappa shape index (κ1) is 20.7. The van der Waals surface area contributed by atoms with Gasteiger partial charge in [-0.2, -0.15) is 0 Å². The first-order valence-electron chi connectivity index (χ1n) is 9.81. The minimum Gasteiger partial charge on any atom is -0.298 e. The molecule has 1 N–H and O–H groups in total. The van der Waals surface area contributed by atoms with Crippen molar-refractivity contribution in [2.24, 2.45) is 14.1 Å². The van der Waals surface area contributed by atoms with Crippen molar-refractivity contribution < 1.29 is 4.79 Å². The summed E-state index contributed by atoms with van der Waals surface area (Å²) >= 11 is 1.32. The number of aryl methyl sites for hydroxylation is 2.